The fourth-order valence-electron chi connectivity index (χ4n) is 2.64. The minimum atomic E-state index is -0.184. The van der Waals surface area contributed by atoms with Gasteiger partial charge in [-0.2, -0.15) is 0 Å². The quantitative estimate of drug-likeness (QED) is 0.892. The Labute approximate surface area is 126 Å². The van der Waals surface area contributed by atoms with Crippen LogP contribution in [0.1, 0.15) is 35.2 Å². The third-order valence-corrected chi connectivity index (χ3v) is 3.72. The fourth-order valence-corrected chi connectivity index (χ4v) is 2.64. The zero-order chi connectivity index (χ0) is 15.4. The molecule has 0 fully saturated rings. The summed E-state index contributed by atoms with van der Waals surface area (Å²) in [7, 11) is 1.67. The van der Waals surface area contributed by atoms with E-state index in [1.807, 2.05) is 39.0 Å². The van der Waals surface area contributed by atoms with Gasteiger partial charge in [0.15, 0.2) is 0 Å². The number of methoxy groups -OCH3 is 1. The maximum Gasteiger partial charge on any atom is 0.128 e. The van der Waals surface area contributed by atoms with Crippen LogP contribution in [0, 0.1) is 19.7 Å². The van der Waals surface area contributed by atoms with Crippen LogP contribution in [0.25, 0.3) is 0 Å². The van der Waals surface area contributed by atoms with E-state index in [2.05, 4.69) is 11.4 Å². The van der Waals surface area contributed by atoms with Crippen molar-refractivity contribution in [2.24, 2.45) is 0 Å². The Morgan fingerprint density at radius 3 is 2.43 bits per heavy atom. The first-order valence-electron chi connectivity index (χ1n) is 7.21. The molecule has 2 nitrogen and oxygen atoms in total. The summed E-state index contributed by atoms with van der Waals surface area (Å²) in [5.74, 6) is 0.677. The van der Waals surface area contributed by atoms with Crippen LogP contribution in [-0.2, 0) is 0 Å². The zero-order valence-electron chi connectivity index (χ0n) is 13.0. The number of rotatable bonds is 5. The summed E-state index contributed by atoms with van der Waals surface area (Å²) in [6, 6.07) is 10.9. The van der Waals surface area contributed by atoms with Crippen LogP contribution in [-0.4, -0.2) is 13.7 Å². The van der Waals surface area contributed by atoms with Gasteiger partial charge in [0, 0.05) is 5.56 Å². The lowest BCUT2D eigenvalue weighted by Crippen LogP contribution is -2.24. The number of halogens is 1. The minimum Gasteiger partial charge on any atom is -0.496 e. The Kier molecular flexibility index (Phi) is 4.97. The molecule has 1 unspecified atom stereocenters. The Balaban J connectivity index is 2.53. The second-order valence-corrected chi connectivity index (χ2v) is 5.19. The van der Waals surface area contributed by atoms with Gasteiger partial charge in [-0.3, -0.25) is 0 Å². The molecule has 0 saturated heterocycles. The topological polar surface area (TPSA) is 21.3 Å². The molecule has 2 rings (SSSR count). The second-order valence-electron chi connectivity index (χ2n) is 5.19. The summed E-state index contributed by atoms with van der Waals surface area (Å²) in [6.07, 6.45) is 0. The molecule has 0 amide bonds. The van der Waals surface area contributed by atoms with Crippen molar-refractivity contribution in [3.63, 3.8) is 0 Å². The van der Waals surface area contributed by atoms with E-state index in [0.717, 1.165) is 29.0 Å². The zero-order valence-corrected chi connectivity index (χ0v) is 13.0. The molecule has 0 radical (unpaired) electrons. The molecule has 2 aromatic rings. The van der Waals surface area contributed by atoms with Crippen LogP contribution < -0.4 is 10.1 Å². The van der Waals surface area contributed by atoms with E-state index in [9.17, 15) is 4.39 Å². The highest BCUT2D eigenvalue weighted by Gasteiger charge is 2.19. The molecule has 0 bridgehead atoms. The molecule has 0 aromatic heterocycles. The third-order valence-electron chi connectivity index (χ3n) is 3.72. The number of benzene rings is 2. The average Bonchev–Trinajstić information content (AvgIpc) is 2.48. The van der Waals surface area contributed by atoms with Crippen LogP contribution >= 0.6 is 0 Å². The maximum atomic E-state index is 14.2. The molecule has 1 atom stereocenters. The summed E-state index contributed by atoms with van der Waals surface area (Å²) >= 11 is 0. The first-order valence-corrected chi connectivity index (χ1v) is 7.21. The minimum absolute atomic E-state index is 0.152. The van der Waals surface area contributed by atoms with Gasteiger partial charge >= 0.3 is 0 Å². The molecule has 1 N–H and O–H groups in total. The van der Waals surface area contributed by atoms with Crippen LogP contribution in [0.3, 0.4) is 0 Å². The molecule has 2 aromatic carbocycles. The molecule has 112 valence electrons. The van der Waals surface area contributed by atoms with E-state index < -0.39 is 0 Å². The lowest BCUT2D eigenvalue weighted by Gasteiger charge is -2.23. The number of hydrogen-bond donors (Lipinski definition) is 1. The molecular formula is C18H22FNO. The SMILES string of the molecule is CCNC(c1cc(C)c(OC)cc1C)c1ccccc1F. The third kappa shape index (κ3) is 3.24. The van der Waals surface area contributed by atoms with Crippen LogP contribution in [0.2, 0.25) is 0 Å². The predicted molar refractivity (Wildman–Crippen MR) is 84.4 cm³/mol. The molecule has 0 aliphatic rings. The highest BCUT2D eigenvalue weighted by molar-refractivity contribution is 5.46. The van der Waals surface area contributed by atoms with Crippen molar-refractivity contribution in [1.82, 2.24) is 5.32 Å². The number of nitrogens with one attached hydrogen (secondary N) is 1. The van der Waals surface area contributed by atoms with Crippen molar-refractivity contribution in [3.8, 4) is 5.75 Å². The average molecular weight is 287 g/mol. The van der Waals surface area contributed by atoms with E-state index in [-0.39, 0.29) is 11.9 Å². The number of hydrogen-bond acceptors (Lipinski definition) is 2. The normalized spacial score (nSPS) is 12.2. The Morgan fingerprint density at radius 2 is 1.81 bits per heavy atom. The second kappa shape index (κ2) is 6.72. The standard InChI is InChI=1S/C18H22FNO/c1-5-20-18(14-8-6-7-9-16(14)19)15-10-13(3)17(21-4)11-12(15)2/h6-11,18,20H,5H2,1-4H3. The number of ether oxygens (including phenoxy) is 1. The Hall–Kier alpha value is -1.87. The smallest absolute Gasteiger partial charge is 0.128 e. The van der Waals surface area contributed by atoms with Gasteiger partial charge in [0.2, 0.25) is 0 Å². The van der Waals surface area contributed by atoms with Gasteiger partial charge in [0.1, 0.15) is 11.6 Å². The highest BCUT2D eigenvalue weighted by Crippen LogP contribution is 2.31. The van der Waals surface area contributed by atoms with Gasteiger partial charge in [-0.15, -0.1) is 0 Å². The fraction of sp³-hybridized carbons (Fsp3) is 0.333. The van der Waals surface area contributed by atoms with Crippen molar-refractivity contribution < 1.29 is 9.13 Å². The van der Waals surface area contributed by atoms with Gasteiger partial charge in [-0.1, -0.05) is 31.2 Å². The predicted octanol–water partition coefficient (Wildman–Crippen LogP) is 4.15. The monoisotopic (exact) mass is 287 g/mol. The molecule has 0 aliphatic carbocycles. The van der Waals surface area contributed by atoms with E-state index in [1.54, 1.807) is 13.2 Å². The first kappa shape index (κ1) is 15.5. The van der Waals surface area contributed by atoms with Gasteiger partial charge in [0.05, 0.1) is 13.2 Å². The molecule has 0 spiro atoms. The van der Waals surface area contributed by atoms with Crippen molar-refractivity contribution in [1.29, 1.82) is 0 Å². The largest absolute Gasteiger partial charge is 0.496 e. The van der Waals surface area contributed by atoms with Crippen LogP contribution in [0.15, 0.2) is 36.4 Å². The lowest BCUT2D eigenvalue weighted by atomic mass is 9.92. The Morgan fingerprint density at radius 1 is 1.10 bits per heavy atom. The molecule has 21 heavy (non-hydrogen) atoms. The van der Waals surface area contributed by atoms with Crippen molar-refractivity contribution in [2.75, 3.05) is 13.7 Å². The van der Waals surface area contributed by atoms with Crippen LogP contribution in [0.4, 0.5) is 4.39 Å². The van der Waals surface area contributed by atoms with E-state index in [0.29, 0.717) is 5.56 Å². The first-order chi connectivity index (χ1) is 10.1. The summed E-state index contributed by atoms with van der Waals surface area (Å²) in [5.41, 5.74) is 3.90. The van der Waals surface area contributed by atoms with Gasteiger partial charge in [-0.05, 0) is 49.2 Å². The summed E-state index contributed by atoms with van der Waals surface area (Å²) < 4.78 is 19.5. The van der Waals surface area contributed by atoms with Crippen LogP contribution in [0.5, 0.6) is 5.75 Å². The molecule has 0 saturated carbocycles. The van der Waals surface area contributed by atoms with Crippen molar-refractivity contribution in [3.05, 3.63) is 64.5 Å². The van der Waals surface area contributed by atoms with E-state index in [4.69, 9.17) is 4.74 Å². The molecule has 0 heterocycles. The summed E-state index contributed by atoms with van der Waals surface area (Å²) in [6.45, 7) is 6.83. The molecular weight excluding hydrogens is 265 g/mol. The summed E-state index contributed by atoms with van der Waals surface area (Å²) in [5, 5.41) is 3.38. The van der Waals surface area contributed by atoms with E-state index >= 15 is 0 Å². The van der Waals surface area contributed by atoms with Crippen molar-refractivity contribution >= 4 is 0 Å². The summed E-state index contributed by atoms with van der Waals surface area (Å²) in [4.78, 5) is 0. The van der Waals surface area contributed by atoms with Crippen molar-refractivity contribution in [2.45, 2.75) is 26.8 Å². The van der Waals surface area contributed by atoms with E-state index in [1.165, 1.54) is 6.07 Å². The lowest BCUT2D eigenvalue weighted by molar-refractivity contribution is 0.411. The maximum absolute atomic E-state index is 14.2. The Bertz CT molecular complexity index is 625. The number of aryl methyl sites for hydroxylation is 2. The van der Waals surface area contributed by atoms with Gasteiger partial charge in [0.25, 0.3) is 0 Å². The van der Waals surface area contributed by atoms with Gasteiger partial charge < -0.3 is 10.1 Å². The molecule has 0 aliphatic heterocycles. The van der Waals surface area contributed by atoms with Gasteiger partial charge in [-0.25, -0.2) is 4.39 Å². The molecule has 3 heteroatoms. The highest BCUT2D eigenvalue weighted by atomic mass is 19.1.